The number of anilines is 1. The molecule has 1 atom stereocenters. The van der Waals surface area contributed by atoms with E-state index in [4.69, 9.17) is 9.47 Å². The quantitative estimate of drug-likeness (QED) is 0.773. The van der Waals surface area contributed by atoms with Gasteiger partial charge in [-0.05, 0) is 45.1 Å². The second kappa shape index (κ2) is 8.57. The average molecular weight is 373 g/mol. The molecule has 3 rings (SSSR count). The first-order valence-electron chi connectivity index (χ1n) is 9.69. The van der Waals surface area contributed by atoms with Gasteiger partial charge in [-0.25, -0.2) is 0 Å². The van der Waals surface area contributed by atoms with E-state index in [9.17, 15) is 14.9 Å². The summed E-state index contributed by atoms with van der Waals surface area (Å²) >= 11 is 0. The number of carbonyl (C=O) groups excluding carboxylic acids is 2. The van der Waals surface area contributed by atoms with Crippen molar-refractivity contribution in [3.8, 4) is 6.07 Å². The summed E-state index contributed by atoms with van der Waals surface area (Å²) in [6.45, 7) is 4.19. The lowest BCUT2D eigenvalue weighted by molar-refractivity contribution is -0.149. The van der Waals surface area contributed by atoms with Gasteiger partial charge < -0.3 is 19.4 Å². The van der Waals surface area contributed by atoms with Crippen molar-refractivity contribution in [1.82, 2.24) is 4.57 Å². The third-order valence-electron chi connectivity index (χ3n) is 5.60. The Bertz CT molecular complexity index is 750. The number of ether oxygens (including phenoxy) is 2. The minimum absolute atomic E-state index is 0.101. The Morgan fingerprint density at radius 3 is 2.63 bits per heavy atom. The van der Waals surface area contributed by atoms with Gasteiger partial charge in [-0.1, -0.05) is 12.8 Å². The molecule has 1 aliphatic carbocycles. The highest BCUT2D eigenvalue weighted by molar-refractivity contribution is 5.93. The predicted molar refractivity (Wildman–Crippen MR) is 99.3 cm³/mol. The Labute approximate surface area is 159 Å². The fourth-order valence-corrected chi connectivity index (χ4v) is 4.07. The van der Waals surface area contributed by atoms with Crippen molar-refractivity contribution in [2.24, 2.45) is 0 Å². The van der Waals surface area contributed by atoms with E-state index in [0.29, 0.717) is 24.0 Å². The van der Waals surface area contributed by atoms with Gasteiger partial charge in [0.15, 0.2) is 6.61 Å². The van der Waals surface area contributed by atoms with Crippen LogP contribution in [0.2, 0.25) is 0 Å². The number of nitriles is 1. The Morgan fingerprint density at radius 1 is 1.26 bits per heavy atom. The maximum absolute atomic E-state index is 12.4. The van der Waals surface area contributed by atoms with Crippen molar-refractivity contribution >= 4 is 17.7 Å². The molecular formula is C20H27N3O4. The highest BCUT2D eigenvalue weighted by Crippen LogP contribution is 2.37. The minimum Gasteiger partial charge on any atom is -0.455 e. The summed E-state index contributed by atoms with van der Waals surface area (Å²) in [7, 11) is 0. The lowest BCUT2D eigenvalue weighted by Gasteiger charge is -2.19. The van der Waals surface area contributed by atoms with Crippen LogP contribution < -0.4 is 5.32 Å². The van der Waals surface area contributed by atoms with Crippen LogP contribution in [0, 0.1) is 25.2 Å². The number of amides is 1. The number of carbonyl (C=O) groups is 2. The summed E-state index contributed by atoms with van der Waals surface area (Å²) in [4.78, 5) is 24.2. The number of hydrogen-bond acceptors (Lipinski definition) is 5. The van der Waals surface area contributed by atoms with Crippen molar-refractivity contribution in [2.75, 3.05) is 18.5 Å². The molecule has 1 unspecified atom stereocenters. The molecule has 27 heavy (non-hydrogen) atoms. The summed E-state index contributed by atoms with van der Waals surface area (Å²) in [5.41, 5.74) is 2.37. The van der Waals surface area contributed by atoms with Gasteiger partial charge in [0, 0.05) is 18.3 Å². The van der Waals surface area contributed by atoms with Gasteiger partial charge in [0.2, 0.25) is 0 Å². The molecule has 0 bridgehead atoms. The van der Waals surface area contributed by atoms with E-state index in [1.165, 1.54) is 0 Å². The molecule has 2 heterocycles. The molecule has 1 aromatic rings. The molecule has 1 aliphatic heterocycles. The van der Waals surface area contributed by atoms with E-state index in [-0.39, 0.29) is 19.1 Å². The SMILES string of the molecule is Cc1c(C#N)c(NC(=O)COC(=O)CC2CCCO2)n(C2CCCC2)c1C. The van der Waals surface area contributed by atoms with Crippen LogP contribution in [-0.4, -0.2) is 35.8 Å². The van der Waals surface area contributed by atoms with Crippen LogP contribution >= 0.6 is 0 Å². The zero-order valence-electron chi connectivity index (χ0n) is 16.0. The molecular weight excluding hydrogens is 346 g/mol. The van der Waals surface area contributed by atoms with Gasteiger partial charge in [-0.2, -0.15) is 5.26 Å². The lowest BCUT2D eigenvalue weighted by Crippen LogP contribution is -2.25. The normalized spacial score (nSPS) is 19.8. The molecule has 0 spiro atoms. The highest BCUT2D eigenvalue weighted by atomic mass is 16.5. The summed E-state index contributed by atoms with van der Waals surface area (Å²) in [6, 6.07) is 2.50. The van der Waals surface area contributed by atoms with Crippen LogP contribution in [0.3, 0.4) is 0 Å². The van der Waals surface area contributed by atoms with Gasteiger partial charge in [0.05, 0.1) is 18.1 Å². The second-order valence-corrected chi connectivity index (χ2v) is 7.40. The van der Waals surface area contributed by atoms with Crippen LogP contribution in [0.1, 0.15) is 67.8 Å². The van der Waals surface area contributed by atoms with Gasteiger partial charge in [0.1, 0.15) is 11.9 Å². The number of hydrogen-bond donors (Lipinski definition) is 1. The van der Waals surface area contributed by atoms with Gasteiger partial charge >= 0.3 is 5.97 Å². The molecule has 1 aromatic heterocycles. The second-order valence-electron chi connectivity index (χ2n) is 7.40. The van der Waals surface area contributed by atoms with E-state index < -0.39 is 11.9 Å². The number of rotatable bonds is 6. The molecule has 0 radical (unpaired) electrons. The monoisotopic (exact) mass is 373 g/mol. The summed E-state index contributed by atoms with van der Waals surface area (Å²) < 4.78 is 12.6. The highest BCUT2D eigenvalue weighted by Gasteiger charge is 2.27. The molecule has 1 saturated heterocycles. The fourth-order valence-electron chi connectivity index (χ4n) is 4.07. The van der Waals surface area contributed by atoms with Crippen LogP contribution in [0.25, 0.3) is 0 Å². The fraction of sp³-hybridized carbons (Fsp3) is 0.650. The van der Waals surface area contributed by atoms with E-state index in [1.54, 1.807) is 0 Å². The molecule has 146 valence electrons. The molecule has 1 N–H and O–H groups in total. The summed E-state index contributed by atoms with van der Waals surface area (Å²) in [6.07, 6.45) is 6.25. The Balaban J connectivity index is 1.65. The maximum Gasteiger partial charge on any atom is 0.308 e. The molecule has 1 amide bonds. The van der Waals surface area contributed by atoms with Crippen LogP contribution in [-0.2, 0) is 19.1 Å². The topological polar surface area (TPSA) is 93.3 Å². The van der Waals surface area contributed by atoms with E-state index >= 15 is 0 Å². The minimum atomic E-state index is -0.434. The van der Waals surface area contributed by atoms with E-state index in [2.05, 4.69) is 16.0 Å². The van der Waals surface area contributed by atoms with Crippen molar-refractivity contribution in [3.05, 3.63) is 16.8 Å². The number of esters is 1. The van der Waals surface area contributed by atoms with Gasteiger partial charge in [-0.15, -0.1) is 0 Å². The lowest BCUT2D eigenvalue weighted by atomic mass is 10.2. The van der Waals surface area contributed by atoms with E-state index in [0.717, 1.165) is 49.8 Å². The zero-order valence-corrected chi connectivity index (χ0v) is 16.0. The Kier molecular flexibility index (Phi) is 6.17. The third-order valence-corrected chi connectivity index (χ3v) is 5.60. The standard InChI is InChI=1S/C20H27N3O4/c1-13-14(2)23(15-6-3-4-7-15)20(17(13)11-21)22-18(24)12-27-19(25)10-16-8-5-9-26-16/h15-16H,3-10,12H2,1-2H3,(H,22,24). The smallest absolute Gasteiger partial charge is 0.308 e. The van der Waals surface area contributed by atoms with Crippen molar-refractivity contribution in [2.45, 2.75) is 70.9 Å². The number of nitrogens with one attached hydrogen (secondary N) is 1. The first-order chi connectivity index (χ1) is 13.0. The zero-order chi connectivity index (χ0) is 19.4. The van der Waals surface area contributed by atoms with Crippen LogP contribution in [0.4, 0.5) is 5.82 Å². The average Bonchev–Trinajstić information content (AvgIpc) is 3.37. The molecule has 7 nitrogen and oxygen atoms in total. The third kappa shape index (κ3) is 4.33. The first kappa shape index (κ1) is 19.4. The Hall–Kier alpha value is -2.33. The number of aromatic nitrogens is 1. The Morgan fingerprint density at radius 2 is 2.00 bits per heavy atom. The maximum atomic E-state index is 12.4. The molecule has 0 aromatic carbocycles. The molecule has 2 fully saturated rings. The molecule has 1 saturated carbocycles. The van der Waals surface area contributed by atoms with E-state index in [1.807, 2.05) is 13.8 Å². The van der Waals surface area contributed by atoms with Crippen molar-refractivity contribution in [1.29, 1.82) is 5.26 Å². The summed E-state index contributed by atoms with van der Waals surface area (Å²) in [5.74, 6) is -0.334. The van der Waals surface area contributed by atoms with Gasteiger partial charge in [-0.3, -0.25) is 9.59 Å². The van der Waals surface area contributed by atoms with Crippen molar-refractivity contribution in [3.63, 3.8) is 0 Å². The van der Waals surface area contributed by atoms with Crippen LogP contribution in [0.5, 0.6) is 0 Å². The predicted octanol–water partition coefficient (Wildman–Crippen LogP) is 3.14. The summed E-state index contributed by atoms with van der Waals surface area (Å²) in [5, 5.41) is 12.4. The molecule has 2 aliphatic rings. The molecule has 7 heteroatoms. The van der Waals surface area contributed by atoms with Gasteiger partial charge in [0.25, 0.3) is 5.91 Å². The largest absolute Gasteiger partial charge is 0.455 e. The first-order valence-corrected chi connectivity index (χ1v) is 9.69. The van der Waals surface area contributed by atoms with Crippen LogP contribution in [0.15, 0.2) is 0 Å². The number of nitrogens with zero attached hydrogens (tertiary/aromatic N) is 2. The van der Waals surface area contributed by atoms with Crippen molar-refractivity contribution < 1.29 is 19.1 Å².